The average Bonchev–Trinajstić information content (AvgIpc) is 2.91. The minimum absolute atomic E-state index is 0.147. The van der Waals surface area contributed by atoms with Gasteiger partial charge in [-0.25, -0.2) is 9.18 Å². The molecule has 1 amide bonds. The fourth-order valence-corrected chi connectivity index (χ4v) is 3.20. The van der Waals surface area contributed by atoms with Gasteiger partial charge in [0.05, 0.1) is 18.5 Å². The summed E-state index contributed by atoms with van der Waals surface area (Å²) in [6.45, 7) is 4.57. The first kappa shape index (κ1) is 16.2. The van der Waals surface area contributed by atoms with Gasteiger partial charge in [-0.15, -0.1) is 0 Å². The van der Waals surface area contributed by atoms with Crippen LogP contribution in [0.4, 0.5) is 9.18 Å². The highest BCUT2D eigenvalue weighted by molar-refractivity contribution is 5.67. The van der Waals surface area contributed by atoms with E-state index >= 15 is 0 Å². The highest BCUT2D eigenvalue weighted by atomic mass is 19.1. The number of halogens is 1. The van der Waals surface area contributed by atoms with Crippen LogP contribution in [0.2, 0.25) is 0 Å². The van der Waals surface area contributed by atoms with Gasteiger partial charge in [0.1, 0.15) is 6.10 Å². The van der Waals surface area contributed by atoms with Gasteiger partial charge in [-0.3, -0.25) is 4.90 Å². The molecule has 0 aromatic carbocycles. The molecule has 21 heavy (non-hydrogen) atoms. The maximum absolute atomic E-state index is 12.9. The van der Waals surface area contributed by atoms with Crippen molar-refractivity contribution in [1.82, 2.24) is 9.80 Å². The molecule has 2 heterocycles. The lowest BCUT2D eigenvalue weighted by molar-refractivity contribution is 0.0341. The molecule has 0 saturated carbocycles. The Morgan fingerprint density at radius 3 is 2.95 bits per heavy atom. The normalized spacial score (nSPS) is 30.7. The summed E-state index contributed by atoms with van der Waals surface area (Å²) in [5.41, 5.74) is 0.581. The van der Waals surface area contributed by atoms with E-state index in [1.165, 1.54) is 4.90 Å². The second-order valence-electron chi connectivity index (χ2n) is 6.21. The number of hydrogen-bond donors (Lipinski definition) is 0. The Hall–Kier alpha value is -1.14. The van der Waals surface area contributed by atoms with Crippen LogP contribution < -0.4 is 0 Å². The largest absolute Gasteiger partial charge is 0.445 e. The minimum Gasteiger partial charge on any atom is -0.445 e. The number of amides is 1. The van der Waals surface area contributed by atoms with Crippen molar-refractivity contribution in [1.29, 1.82) is 0 Å². The Morgan fingerprint density at radius 2 is 2.33 bits per heavy atom. The van der Waals surface area contributed by atoms with E-state index in [0.717, 1.165) is 12.0 Å². The molecular weight excluding hydrogens is 275 g/mol. The minimum atomic E-state index is -0.327. The van der Waals surface area contributed by atoms with Crippen LogP contribution in [0.3, 0.4) is 0 Å². The van der Waals surface area contributed by atoms with E-state index in [1.54, 1.807) is 14.1 Å². The quantitative estimate of drug-likeness (QED) is 0.730. The maximum Gasteiger partial charge on any atom is 0.409 e. The molecular formula is C15H25FN2O3. The van der Waals surface area contributed by atoms with Crippen LogP contribution in [-0.2, 0) is 9.47 Å². The van der Waals surface area contributed by atoms with Crippen LogP contribution in [-0.4, -0.2) is 67.9 Å². The highest BCUT2D eigenvalue weighted by Gasteiger charge is 2.51. The van der Waals surface area contributed by atoms with Crippen LogP contribution in [0.5, 0.6) is 0 Å². The predicted molar refractivity (Wildman–Crippen MR) is 77.8 cm³/mol. The number of carbonyl (C=O) groups is 1. The summed E-state index contributed by atoms with van der Waals surface area (Å²) >= 11 is 0. The molecule has 2 fully saturated rings. The lowest BCUT2D eigenvalue weighted by Crippen LogP contribution is -2.42. The van der Waals surface area contributed by atoms with E-state index in [-0.39, 0.29) is 17.7 Å². The molecule has 0 aromatic heterocycles. The van der Waals surface area contributed by atoms with Crippen molar-refractivity contribution >= 4 is 6.09 Å². The summed E-state index contributed by atoms with van der Waals surface area (Å²) < 4.78 is 24.1. The third-order valence-electron chi connectivity index (χ3n) is 4.16. The zero-order chi connectivity index (χ0) is 15.5. The molecule has 2 aliphatic heterocycles. The van der Waals surface area contributed by atoms with Gasteiger partial charge in [0, 0.05) is 40.2 Å². The Kier molecular flexibility index (Phi) is 5.22. The molecule has 5 nitrogen and oxygen atoms in total. The predicted octanol–water partition coefficient (Wildman–Crippen LogP) is 2.18. The SMILES string of the molecule is CCCOC[C@]12C/C(=C\F)CN1C[C@@H](OC(=O)N(C)C)C2. The van der Waals surface area contributed by atoms with Gasteiger partial charge >= 0.3 is 6.09 Å². The third-order valence-corrected chi connectivity index (χ3v) is 4.16. The van der Waals surface area contributed by atoms with Crippen molar-refractivity contribution in [3.63, 3.8) is 0 Å². The van der Waals surface area contributed by atoms with Crippen LogP contribution in [0.15, 0.2) is 11.9 Å². The Morgan fingerprint density at radius 1 is 1.57 bits per heavy atom. The molecule has 2 atom stereocenters. The summed E-state index contributed by atoms with van der Waals surface area (Å²) in [5.74, 6) is 0. The molecule has 0 unspecified atom stereocenters. The standard InChI is InChI=1S/C15H25FN2O3/c1-4-5-20-11-15-6-12(8-16)9-18(15)10-13(7-15)21-14(19)17(2)3/h8,13H,4-7,9-11H2,1-3H3/b12-8+/t13-,15+/m0/s1. The van der Waals surface area contributed by atoms with Crippen molar-refractivity contribution in [3.8, 4) is 0 Å². The molecule has 120 valence electrons. The van der Waals surface area contributed by atoms with E-state index in [4.69, 9.17) is 9.47 Å². The van der Waals surface area contributed by atoms with Gasteiger partial charge in [-0.05, 0) is 18.4 Å². The molecule has 2 saturated heterocycles. The van der Waals surface area contributed by atoms with Crippen LogP contribution in [0.1, 0.15) is 26.2 Å². The molecule has 0 radical (unpaired) electrons. The molecule has 0 aliphatic carbocycles. The number of fused-ring (bicyclic) bond motifs is 1. The number of ether oxygens (including phenoxy) is 2. The molecule has 0 N–H and O–H groups in total. The smallest absolute Gasteiger partial charge is 0.409 e. The second kappa shape index (κ2) is 6.75. The van der Waals surface area contributed by atoms with Gasteiger partial charge in [0.15, 0.2) is 0 Å². The zero-order valence-corrected chi connectivity index (χ0v) is 13.1. The van der Waals surface area contributed by atoms with E-state index in [9.17, 15) is 9.18 Å². The molecule has 2 aliphatic rings. The van der Waals surface area contributed by atoms with Crippen molar-refractivity contribution in [2.75, 3.05) is 40.4 Å². The Bertz CT molecular complexity index is 414. The topological polar surface area (TPSA) is 42.0 Å². The Balaban J connectivity index is 2.01. The summed E-state index contributed by atoms with van der Waals surface area (Å²) in [6, 6.07) is 0. The highest BCUT2D eigenvalue weighted by Crippen LogP contribution is 2.42. The molecule has 0 aromatic rings. The second-order valence-corrected chi connectivity index (χ2v) is 6.21. The summed E-state index contributed by atoms with van der Waals surface area (Å²) in [6.07, 6.45) is 2.55. The van der Waals surface area contributed by atoms with Crippen molar-refractivity contribution in [2.24, 2.45) is 0 Å². The third kappa shape index (κ3) is 3.55. The first-order chi connectivity index (χ1) is 10.0. The Labute approximate surface area is 125 Å². The molecule has 0 spiro atoms. The average molecular weight is 300 g/mol. The van der Waals surface area contributed by atoms with E-state index in [0.29, 0.717) is 45.5 Å². The van der Waals surface area contributed by atoms with Crippen molar-refractivity contribution < 1.29 is 18.7 Å². The fourth-order valence-electron chi connectivity index (χ4n) is 3.20. The van der Waals surface area contributed by atoms with Gasteiger partial charge in [0.25, 0.3) is 0 Å². The van der Waals surface area contributed by atoms with Crippen LogP contribution in [0, 0.1) is 0 Å². The summed E-state index contributed by atoms with van der Waals surface area (Å²) in [4.78, 5) is 15.3. The monoisotopic (exact) mass is 300 g/mol. The number of rotatable bonds is 5. The van der Waals surface area contributed by atoms with Crippen molar-refractivity contribution in [2.45, 2.75) is 37.8 Å². The van der Waals surface area contributed by atoms with E-state index in [2.05, 4.69) is 11.8 Å². The number of carbonyl (C=O) groups excluding carboxylic acids is 1. The van der Waals surface area contributed by atoms with Gasteiger partial charge in [0.2, 0.25) is 0 Å². The molecule has 2 rings (SSSR count). The first-order valence-corrected chi connectivity index (χ1v) is 7.49. The van der Waals surface area contributed by atoms with Gasteiger partial charge in [-0.1, -0.05) is 6.92 Å². The van der Waals surface area contributed by atoms with E-state index < -0.39 is 0 Å². The van der Waals surface area contributed by atoms with Gasteiger partial charge < -0.3 is 14.4 Å². The molecule has 0 bridgehead atoms. The van der Waals surface area contributed by atoms with Crippen molar-refractivity contribution in [3.05, 3.63) is 11.9 Å². The number of nitrogens with zero attached hydrogens (tertiary/aromatic N) is 2. The summed E-state index contributed by atoms with van der Waals surface area (Å²) in [5, 5.41) is 0. The molecule has 6 heteroatoms. The lowest BCUT2D eigenvalue weighted by Gasteiger charge is -2.30. The lowest BCUT2D eigenvalue weighted by atomic mass is 9.93. The van der Waals surface area contributed by atoms with E-state index in [1.807, 2.05) is 0 Å². The number of hydrogen-bond acceptors (Lipinski definition) is 4. The van der Waals surface area contributed by atoms with Gasteiger partial charge in [-0.2, -0.15) is 0 Å². The zero-order valence-electron chi connectivity index (χ0n) is 13.1. The summed E-state index contributed by atoms with van der Waals surface area (Å²) in [7, 11) is 3.34. The fraction of sp³-hybridized carbons (Fsp3) is 0.800. The maximum atomic E-state index is 12.9. The first-order valence-electron chi connectivity index (χ1n) is 7.49. The van der Waals surface area contributed by atoms with Crippen LogP contribution in [0.25, 0.3) is 0 Å². The van der Waals surface area contributed by atoms with Crippen LogP contribution >= 0.6 is 0 Å².